The summed E-state index contributed by atoms with van der Waals surface area (Å²) in [6.07, 6.45) is -0.122. The molecule has 2 aliphatic heterocycles. The largest absolute Gasteiger partial charge is 0.325 e. The molecule has 1 saturated heterocycles. The fourth-order valence-corrected chi connectivity index (χ4v) is 4.67. The van der Waals surface area contributed by atoms with Gasteiger partial charge in [-0.3, -0.25) is 9.69 Å². The topological polar surface area (TPSA) is 83.6 Å². The number of rotatable bonds is 2. The number of nitrogens with zero attached hydrogens (tertiary/aromatic N) is 1. The molecule has 1 spiro atoms. The molecule has 2 aliphatic rings. The van der Waals surface area contributed by atoms with Gasteiger partial charge in [0.1, 0.15) is 11.4 Å². The lowest BCUT2D eigenvalue weighted by atomic mass is 9.86. The van der Waals surface area contributed by atoms with Crippen LogP contribution in [0.25, 0.3) is 0 Å². The molecule has 8 heteroatoms. The molecule has 1 fully saturated rings. The van der Waals surface area contributed by atoms with Gasteiger partial charge in [-0.15, -0.1) is 0 Å². The molecule has 2 heterocycles. The van der Waals surface area contributed by atoms with Crippen molar-refractivity contribution in [1.29, 1.82) is 0 Å². The second-order valence-electron chi connectivity index (χ2n) is 5.89. The molecule has 122 valence electrons. The number of fused-ring (bicyclic) bond motifs is 2. The minimum Gasteiger partial charge on any atom is -0.319 e. The fourth-order valence-electron chi connectivity index (χ4n) is 3.03. The Morgan fingerprint density at radius 1 is 1.43 bits per heavy atom. The van der Waals surface area contributed by atoms with Gasteiger partial charge in [0.05, 0.1) is 17.2 Å². The Morgan fingerprint density at radius 3 is 2.78 bits per heavy atom. The lowest BCUT2D eigenvalue weighted by Gasteiger charge is -2.33. The molecule has 0 bridgehead atoms. The summed E-state index contributed by atoms with van der Waals surface area (Å²) >= 11 is 0. The van der Waals surface area contributed by atoms with Crippen LogP contribution in [0.4, 0.5) is 9.18 Å². The van der Waals surface area contributed by atoms with Crippen LogP contribution in [0.1, 0.15) is 18.9 Å². The number of hydrogen-bond acceptors (Lipinski definition) is 4. The van der Waals surface area contributed by atoms with Crippen LogP contribution < -0.4 is 5.32 Å². The van der Waals surface area contributed by atoms with Gasteiger partial charge in [0.15, 0.2) is 9.84 Å². The summed E-state index contributed by atoms with van der Waals surface area (Å²) in [6.45, 7) is 5.38. The predicted octanol–water partition coefficient (Wildman–Crippen LogP) is 1.33. The number of nitrogens with one attached hydrogen (secondary N) is 1. The standard InChI is InChI=1S/C15H15FN2O4S/c1-9(2)8-18-13(19)15(17-14(18)20)5-6-23(21,22)12-4-3-10(16)7-11(12)15/h3-4,7H,1,5-6,8H2,2H3,(H,17,20)/t15-/m0/s1. The first kappa shape index (κ1) is 15.7. The molecular formula is C15H15FN2O4S. The van der Waals surface area contributed by atoms with Gasteiger partial charge in [-0.1, -0.05) is 12.2 Å². The Hall–Kier alpha value is -2.22. The van der Waals surface area contributed by atoms with E-state index in [4.69, 9.17) is 0 Å². The Kier molecular flexibility index (Phi) is 3.33. The molecule has 1 aromatic carbocycles. The molecule has 23 heavy (non-hydrogen) atoms. The summed E-state index contributed by atoms with van der Waals surface area (Å²) in [4.78, 5) is 25.8. The van der Waals surface area contributed by atoms with E-state index in [0.717, 1.165) is 23.1 Å². The van der Waals surface area contributed by atoms with Gasteiger partial charge in [0, 0.05) is 5.56 Å². The maximum Gasteiger partial charge on any atom is 0.325 e. The van der Waals surface area contributed by atoms with Gasteiger partial charge in [-0.05, 0) is 31.5 Å². The molecule has 3 amide bonds. The van der Waals surface area contributed by atoms with E-state index in [9.17, 15) is 22.4 Å². The highest BCUT2D eigenvalue weighted by molar-refractivity contribution is 7.91. The Labute approximate surface area is 132 Å². The number of benzene rings is 1. The van der Waals surface area contributed by atoms with E-state index in [1.807, 2.05) is 0 Å². The van der Waals surface area contributed by atoms with Crippen molar-refractivity contribution in [1.82, 2.24) is 10.2 Å². The number of hydrogen-bond donors (Lipinski definition) is 1. The lowest BCUT2D eigenvalue weighted by molar-refractivity contribution is -0.131. The van der Waals surface area contributed by atoms with Crippen molar-refractivity contribution in [2.75, 3.05) is 12.3 Å². The van der Waals surface area contributed by atoms with Crippen LogP contribution in [0.15, 0.2) is 35.2 Å². The van der Waals surface area contributed by atoms with E-state index in [1.165, 1.54) is 0 Å². The van der Waals surface area contributed by atoms with Crippen LogP contribution in [0, 0.1) is 5.82 Å². The van der Waals surface area contributed by atoms with Gasteiger partial charge in [-0.25, -0.2) is 17.6 Å². The van der Waals surface area contributed by atoms with Crippen molar-refractivity contribution in [3.63, 3.8) is 0 Å². The third kappa shape index (κ3) is 2.24. The van der Waals surface area contributed by atoms with Crippen molar-refractivity contribution < 1.29 is 22.4 Å². The van der Waals surface area contributed by atoms with E-state index in [0.29, 0.717) is 5.57 Å². The molecule has 0 radical (unpaired) electrons. The fraction of sp³-hybridized carbons (Fsp3) is 0.333. The number of carbonyl (C=O) groups excluding carboxylic acids is 2. The van der Waals surface area contributed by atoms with Crippen LogP contribution in [-0.4, -0.2) is 37.6 Å². The predicted molar refractivity (Wildman–Crippen MR) is 79.8 cm³/mol. The highest BCUT2D eigenvalue weighted by Gasteiger charge is 2.56. The molecule has 0 aliphatic carbocycles. The van der Waals surface area contributed by atoms with Crippen LogP contribution in [0.5, 0.6) is 0 Å². The van der Waals surface area contributed by atoms with E-state index in [2.05, 4.69) is 11.9 Å². The summed E-state index contributed by atoms with van der Waals surface area (Å²) in [7, 11) is -3.61. The Balaban J connectivity index is 2.18. The Morgan fingerprint density at radius 2 is 2.13 bits per heavy atom. The van der Waals surface area contributed by atoms with Gasteiger partial charge >= 0.3 is 6.03 Å². The average molecular weight is 338 g/mol. The molecular weight excluding hydrogens is 323 g/mol. The zero-order valence-corrected chi connectivity index (χ0v) is 13.2. The zero-order chi connectivity index (χ0) is 17.0. The second kappa shape index (κ2) is 4.89. The zero-order valence-electron chi connectivity index (χ0n) is 12.4. The van der Waals surface area contributed by atoms with Crippen molar-refractivity contribution in [3.05, 3.63) is 41.7 Å². The first-order valence-corrected chi connectivity index (χ1v) is 8.64. The first-order valence-electron chi connectivity index (χ1n) is 6.99. The highest BCUT2D eigenvalue weighted by atomic mass is 32.2. The highest BCUT2D eigenvalue weighted by Crippen LogP contribution is 2.41. The second-order valence-corrected chi connectivity index (χ2v) is 7.97. The van der Waals surface area contributed by atoms with E-state index >= 15 is 0 Å². The lowest BCUT2D eigenvalue weighted by Crippen LogP contribution is -2.49. The number of halogens is 1. The van der Waals surface area contributed by atoms with E-state index in [1.54, 1.807) is 6.92 Å². The van der Waals surface area contributed by atoms with Crippen molar-refractivity contribution >= 4 is 21.8 Å². The number of carbonyl (C=O) groups is 2. The summed E-state index contributed by atoms with van der Waals surface area (Å²) in [5.41, 5.74) is -0.935. The summed E-state index contributed by atoms with van der Waals surface area (Å²) < 4.78 is 38.1. The maximum absolute atomic E-state index is 13.7. The smallest absolute Gasteiger partial charge is 0.319 e. The molecule has 0 saturated carbocycles. The quantitative estimate of drug-likeness (QED) is 0.501. The minimum atomic E-state index is -3.61. The third-order valence-electron chi connectivity index (χ3n) is 4.09. The normalized spacial score (nSPS) is 25.4. The molecule has 0 unspecified atom stereocenters. The molecule has 0 aromatic heterocycles. The summed E-state index contributed by atoms with van der Waals surface area (Å²) in [5.74, 6) is -1.54. The van der Waals surface area contributed by atoms with Gasteiger partial charge in [0.2, 0.25) is 0 Å². The van der Waals surface area contributed by atoms with Crippen molar-refractivity contribution in [2.45, 2.75) is 23.8 Å². The van der Waals surface area contributed by atoms with E-state index < -0.39 is 33.1 Å². The molecule has 1 N–H and O–H groups in total. The van der Waals surface area contributed by atoms with Crippen molar-refractivity contribution in [2.24, 2.45) is 0 Å². The van der Waals surface area contributed by atoms with Crippen LogP contribution >= 0.6 is 0 Å². The summed E-state index contributed by atoms with van der Waals surface area (Å²) in [5, 5.41) is 2.56. The number of urea groups is 1. The van der Waals surface area contributed by atoms with Gasteiger partial charge < -0.3 is 5.32 Å². The van der Waals surface area contributed by atoms with Crippen LogP contribution in [0.2, 0.25) is 0 Å². The minimum absolute atomic E-state index is 0.00804. The molecule has 6 nitrogen and oxygen atoms in total. The van der Waals surface area contributed by atoms with Crippen molar-refractivity contribution in [3.8, 4) is 0 Å². The Bertz CT molecular complexity index is 849. The number of imide groups is 1. The van der Waals surface area contributed by atoms with Crippen LogP contribution in [-0.2, 0) is 20.2 Å². The van der Waals surface area contributed by atoms with Gasteiger partial charge in [0.25, 0.3) is 5.91 Å². The first-order chi connectivity index (χ1) is 10.7. The maximum atomic E-state index is 13.7. The molecule has 1 aromatic rings. The molecule has 3 rings (SSSR count). The van der Waals surface area contributed by atoms with Gasteiger partial charge in [-0.2, -0.15) is 0 Å². The monoisotopic (exact) mass is 338 g/mol. The molecule has 1 atom stereocenters. The van der Waals surface area contributed by atoms with Crippen LogP contribution in [0.3, 0.4) is 0 Å². The summed E-state index contributed by atoms with van der Waals surface area (Å²) in [6, 6.07) is 2.55. The third-order valence-corrected chi connectivity index (χ3v) is 5.85. The number of amides is 3. The number of sulfone groups is 1. The van der Waals surface area contributed by atoms with E-state index in [-0.39, 0.29) is 29.2 Å². The average Bonchev–Trinajstić information content (AvgIpc) is 2.68. The SMILES string of the molecule is C=C(C)CN1C(=O)N[C@]2(CCS(=O)(=O)c3ccc(F)cc32)C1=O.